The van der Waals surface area contributed by atoms with Crippen LogP contribution in [-0.2, 0) is 9.47 Å². The van der Waals surface area contributed by atoms with Gasteiger partial charge in [-0.05, 0) is 24.3 Å². The molecule has 2 aliphatic rings. The predicted octanol–water partition coefficient (Wildman–Crippen LogP) is 1.10. The molecule has 2 heterocycles. The summed E-state index contributed by atoms with van der Waals surface area (Å²) in [7, 11) is 0. The summed E-state index contributed by atoms with van der Waals surface area (Å²) in [5.41, 5.74) is 1.89. The van der Waals surface area contributed by atoms with E-state index in [4.69, 9.17) is 18.3 Å². The fourth-order valence-electron chi connectivity index (χ4n) is 1.70. The molecule has 1 aromatic rings. The third-order valence-corrected chi connectivity index (χ3v) is 2.46. The number of rotatable bonds is 2. The van der Waals surface area contributed by atoms with Crippen LogP contribution in [0.4, 0.5) is 0 Å². The lowest BCUT2D eigenvalue weighted by Gasteiger charge is -1.92. The minimum atomic E-state index is 0.602. The van der Waals surface area contributed by atoms with E-state index in [1.54, 1.807) is 0 Å². The number of hydrogen-bond donors (Lipinski definition) is 0. The fraction of sp³-hybridized carbons (Fsp3) is 0.333. The molecule has 0 radical (unpaired) electrons. The highest BCUT2D eigenvalue weighted by atomic mass is 16.6. The van der Waals surface area contributed by atoms with E-state index in [9.17, 15) is 0 Å². The minimum absolute atomic E-state index is 0.602. The number of ether oxygens (including phenoxy) is 2. The van der Waals surface area contributed by atoms with E-state index in [1.165, 1.54) is 0 Å². The Morgan fingerprint density at radius 3 is 1.50 bits per heavy atom. The summed E-state index contributed by atoms with van der Waals surface area (Å²) in [6.45, 7) is 2.50. The summed E-state index contributed by atoms with van der Waals surface area (Å²) in [5, 5.41) is 0. The first kappa shape index (κ1) is 9.39. The van der Waals surface area contributed by atoms with Crippen molar-refractivity contribution in [2.24, 2.45) is 0 Å². The van der Waals surface area contributed by atoms with Gasteiger partial charge < -0.3 is 18.3 Å². The monoisotopic (exact) mass is 220 g/mol. The van der Waals surface area contributed by atoms with Gasteiger partial charge in [0, 0.05) is 0 Å². The molecular formula is C12H12O4+2. The van der Waals surface area contributed by atoms with E-state index >= 15 is 0 Å². The molecule has 0 N–H and O–H groups in total. The molecule has 82 valence electrons. The van der Waals surface area contributed by atoms with Gasteiger partial charge in [0.2, 0.25) is 26.4 Å². The normalized spacial score (nSPS) is 18.8. The van der Waals surface area contributed by atoms with Gasteiger partial charge in [0.05, 0.1) is 0 Å². The zero-order valence-corrected chi connectivity index (χ0v) is 8.77. The smallest absolute Gasteiger partial charge is 0.311 e. The molecule has 0 fully saturated rings. The number of cyclic esters (lactones) is 2. The summed E-state index contributed by atoms with van der Waals surface area (Å²) in [6, 6.07) is 7.75. The zero-order valence-electron chi connectivity index (χ0n) is 8.77. The molecule has 4 nitrogen and oxygen atoms in total. The summed E-state index contributed by atoms with van der Waals surface area (Å²) in [5.74, 6) is 1.20. The topological polar surface area (TPSA) is 41.1 Å². The SMILES string of the molecule is c1cc(C2=[O+]CCO2)ccc1C1=[O+]CCO1. The molecule has 0 amide bonds. The number of carbonyl (C=O) groups excluding carboxylic acids is 2. The first-order chi connectivity index (χ1) is 7.93. The van der Waals surface area contributed by atoms with E-state index in [0.717, 1.165) is 11.1 Å². The molecule has 0 bridgehead atoms. The van der Waals surface area contributed by atoms with Gasteiger partial charge in [-0.1, -0.05) is 0 Å². The minimum Gasteiger partial charge on any atom is -0.311 e. The standard InChI is InChI=1S/C12H12O4/c1-2-10(12-15-7-8-16-12)4-3-9(1)11-13-5-6-14-11/h1-4H,5-8H2/q+2. The number of hydrogen-bond acceptors (Lipinski definition) is 2. The number of benzene rings is 1. The van der Waals surface area contributed by atoms with Crippen LogP contribution in [0.5, 0.6) is 0 Å². The maximum absolute atomic E-state index is 5.33. The third kappa shape index (κ3) is 1.66. The van der Waals surface area contributed by atoms with Crippen molar-refractivity contribution >= 4 is 11.9 Å². The van der Waals surface area contributed by atoms with E-state index < -0.39 is 0 Å². The van der Waals surface area contributed by atoms with Crippen LogP contribution in [0, 0.1) is 0 Å². The highest BCUT2D eigenvalue weighted by Crippen LogP contribution is 2.12. The second-order valence-corrected chi connectivity index (χ2v) is 3.55. The predicted molar refractivity (Wildman–Crippen MR) is 56.7 cm³/mol. The van der Waals surface area contributed by atoms with Crippen molar-refractivity contribution in [3.63, 3.8) is 0 Å². The average molecular weight is 220 g/mol. The van der Waals surface area contributed by atoms with E-state index in [1.807, 2.05) is 24.3 Å². The fourth-order valence-corrected chi connectivity index (χ4v) is 1.70. The maximum Gasteiger partial charge on any atom is 0.520 e. The summed E-state index contributed by atoms with van der Waals surface area (Å²) < 4.78 is 21.3. The second kappa shape index (κ2) is 3.96. The summed E-state index contributed by atoms with van der Waals surface area (Å²) in [4.78, 5) is 0. The largest absolute Gasteiger partial charge is 0.520 e. The molecule has 0 spiro atoms. The first-order valence-corrected chi connectivity index (χ1v) is 5.29. The lowest BCUT2D eigenvalue weighted by molar-refractivity contribution is -0.254. The Morgan fingerprint density at radius 1 is 0.750 bits per heavy atom. The van der Waals surface area contributed by atoms with Crippen molar-refractivity contribution in [3.8, 4) is 0 Å². The van der Waals surface area contributed by atoms with Crippen molar-refractivity contribution in [1.29, 1.82) is 0 Å². The Balaban J connectivity index is 1.84. The summed E-state index contributed by atoms with van der Waals surface area (Å²) in [6.07, 6.45) is 0. The summed E-state index contributed by atoms with van der Waals surface area (Å²) >= 11 is 0. The molecule has 0 saturated heterocycles. The van der Waals surface area contributed by atoms with Crippen LogP contribution in [0.3, 0.4) is 0 Å². The third-order valence-electron chi connectivity index (χ3n) is 2.46. The van der Waals surface area contributed by atoms with Gasteiger partial charge in [0.25, 0.3) is 0 Å². The average Bonchev–Trinajstić information content (AvgIpc) is 3.03. The van der Waals surface area contributed by atoms with Gasteiger partial charge in [-0.3, -0.25) is 0 Å². The van der Waals surface area contributed by atoms with Crippen molar-refractivity contribution in [1.82, 2.24) is 0 Å². The van der Waals surface area contributed by atoms with Crippen LogP contribution >= 0.6 is 0 Å². The molecule has 0 atom stereocenters. The van der Waals surface area contributed by atoms with Crippen LogP contribution in [0.1, 0.15) is 20.0 Å². The molecule has 0 unspecified atom stereocenters. The van der Waals surface area contributed by atoms with Gasteiger partial charge in [0.1, 0.15) is 11.1 Å². The van der Waals surface area contributed by atoms with Crippen LogP contribution in [0.2, 0.25) is 0 Å². The molecule has 0 saturated carbocycles. The van der Waals surface area contributed by atoms with Gasteiger partial charge in [-0.25, -0.2) is 0 Å². The van der Waals surface area contributed by atoms with E-state index in [2.05, 4.69) is 0 Å². The maximum atomic E-state index is 5.33. The molecule has 16 heavy (non-hydrogen) atoms. The van der Waals surface area contributed by atoms with Crippen LogP contribution in [0.15, 0.2) is 24.3 Å². The molecular weight excluding hydrogens is 208 g/mol. The Labute approximate surface area is 92.8 Å². The van der Waals surface area contributed by atoms with Crippen molar-refractivity contribution < 1.29 is 18.3 Å². The van der Waals surface area contributed by atoms with Crippen LogP contribution in [-0.4, -0.2) is 38.4 Å². The van der Waals surface area contributed by atoms with Gasteiger partial charge >= 0.3 is 11.9 Å². The molecule has 4 heteroatoms. The Hall–Kier alpha value is -1.84. The van der Waals surface area contributed by atoms with E-state index in [-0.39, 0.29) is 0 Å². The Kier molecular flexibility index (Phi) is 2.33. The van der Waals surface area contributed by atoms with Crippen molar-refractivity contribution in [3.05, 3.63) is 35.4 Å². The van der Waals surface area contributed by atoms with Crippen LogP contribution in [0.25, 0.3) is 0 Å². The van der Waals surface area contributed by atoms with Crippen LogP contribution < -0.4 is 0 Å². The van der Waals surface area contributed by atoms with Gasteiger partial charge in [-0.2, -0.15) is 0 Å². The molecule has 0 aliphatic carbocycles. The van der Waals surface area contributed by atoms with Gasteiger partial charge in [0.15, 0.2) is 0 Å². The lowest BCUT2D eigenvalue weighted by Crippen LogP contribution is -2.04. The highest BCUT2D eigenvalue weighted by Gasteiger charge is 2.27. The van der Waals surface area contributed by atoms with Gasteiger partial charge in [-0.15, -0.1) is 0 Å². The number of esters is 2. The second-order valence-electron chi connectivity index (χ2n) is 3.55. The zero-order chi connectivity index (χ0) is 10.8. The Morgan fingerprint density at radius 2 is 1.19 bits per heavy atom. The quantitative estimate of drug-likeness (QED) is 0.553. The molecule has 2 aliphatic heterocycles. The van der Waals surface area contributed by atoms with E-state index in [0.29, 0.717) is 38.4 Å². The molecule has 3 rings (SSSR count). The highest BCUT2D eigenvalue weighted by molar-refractivity contribution is 5.94. The Bertz CT molecular complexity index is 402. The molecule has 1 aromatic carbocycles. The first-order valence-electron chi connectivity index (χ1n) is 5.29. The lowest BCUT2D eigenvalue weighted by atomic mass is 10.1. The van der Waals surface area contributed by atoms with Crippen molar-refractivity contribution in [2.45, 2.75) is 0 Å². The molecule has 0 aromatic heterocycles. The van der Waals surface area contributed by atoms with Crippen molar-refractivity contribution in [2.75, 3.05) is 26.4 Å².